The molecule has 1 aliphatic rings. The number of aryl methyl sites for hydroxylation is 2. The van der Waals surface area contributed by atoms with E-state index in [-0.39, 0.29) is 20.4 Å². The second-order valence-electron chi connectivity index (χ2n) is 8.82. The van der Waals surface area contributed by atoms with Gasteiger partial charge < -0.3 is 5.53 Å². The average molecular weight is 521 g/mol. The first-order chi connectivity index (χ1) is 15.1. The molecule has 0 fully saturated rings. The molecule has 1 heterocycles. The van der Waals surface area contributed by atoms with Crippen LogP contribution in [0.25, 0.3) is 16.9 Å². The first-order valence-electron chi connectivity index (χ1n) is 12.2. The summed E-state index contributed by atoms with van der Waals surface area (Å²) in [5.74, 6) is 0. The van der Waals surface area contributed by atoms with Crippen molar-refractivity contribution in [1.82, 2.24) is 0 Å². The van der Waals surface area contributed by atoms with Crippen LogP contribution in [0.2, 0.25) is 0 Å². The maximum absolute atomic E-state index is 11.4. The van der Waals surface area contributed by atoms with Crippen LogP contribution in [0.4, 0.5) is 0 Å². The Morgan fingerprint density at radius 3 is 1.66 bits per heavy atom. The summed E-state index contributed by atoms with van der Waals surface area (Å²) in [5.41, 5.74) is 20.8. The van der Waals surface area contributed by atoms with Crippen LogP contribution in [0.5, 0.6) is 0 Å². The van der Waals surface area contributed by atoms with Gasteiger partial charge in [0.15, 0.2) is 0 Å². The first-order valence-corrected chi connectivity index (χ1v) is 12.2. The molecule has 0 aromatic heterocycles. The van der Waals surface area contributed by atoms with Crippen molar-refractivity contribution in [3.63, 3.8) is 0 Å². The van der Waals surface area contributed by atoms with Gasteiger partial charge in [0.05, 0.1) is 0 Å². The molecule has 0 radical (unpaired) electrons. The molecule has 2 aromatic carbocycles. The van der Waals surface area contributed by atoms with Gasteiger partial charge >= 0.3 is 0 Å². The SMILES string of the molecule is CCCCC1=C(c2cccc(CCCC)c2)[N+](=[N-])C(c2cccc(CCCC)c2)=C1C.[Pd]. The van der Waals surface area contributed by atoms with Gasteiger partial charge in [-0.15, -0.1) is 0 Å². The van der Waals surface area contributed by atoms with Gasteiger partial charge in [-0.3, -0.25) is 0 Å². The van der Waals surface area contributed by atoms with Gasteiger partial charge in [-0.2, -0.15) is 0 Å². The Morgan fingerprint density at radius 1 is 0.688 bits per heavy atom. The van der Waals surface area contributed by atoms with E-state index in [4.69, 9.17) is 0 Å². The quantitative estimate of drug-likeness (QED) is 0.209. The summed E-state index contributed by atoms with van der Waals surface area (Å²) in [6.45, 7) is 8.87. The number of hydrogen-bond donors (Lipinski definition) is 0. The Labute approximate surface area is 209 Å². The minimum Gasteiger partial charge on any atom is -0.493 e. The molecule has 0 saturated carbocycles. The summed E-state index contributed by atoms with van der Waals surface area (Å²) < 4.78 is 1.47. The molecule has 1 aliphatic heterocycles. The average Bonchev–Trinajstić information content (AvgIpc) is 3.04. The number of hydrogen-bond acceptors (Lipinski definition) is 0. The predicted octanol–water partition coefficient (Wildman–Crippen LogP) is 8.75. The topological polar surface area (TPSA) is 25.3 Å². The van der Waals surface area contributed by atoms with Crippen molar-refractivity contribution in [2.45, 2.75) is 85.5 Å². The van der Waals surface area contributed by atoms with Gasteiger partial charge in [-0.25, -0.2) is 4.70 Å². The molecule has 0 saturated heterocycles. The van der Waals surface area contributed by atoms with Crippen LogP contribution in [0, 0.1) is 0 Å². The molecule has 0 unspecified atom stereocenters. The summed E-state index contributed by atoms with van der Waals surface area (Å²) in [6.07, 6.45) is 10.2. The van der Waals surface area contributed by atoms with Crippen molar-refractivity contribution in [3.8, 4) is 0 Å². The Kier molecular flexibility index (Phi) is 10.8. The van der Waals surface area contributed by atoms with Crippen molar-refractivity contribution < 1.29 is 25.1 Å². The molecule has 0 spiro atoms. The normalized spacial score (nSPS) is 13.7. The molecule has 2 aromatic rings. The van der Waals surface area contributed by atoms with Crippen LogP contribution in [-0.4, -0.2) is 4.70 Å². The maximum Gasteiger partial charge on any atom is 0.211 e. The fraction of sp³-hybridized carbons (Fsp3) is 0.448. The van der Waals surface area contributed by atoms with E-state index in [0.717, 1.165) is 54.6 Å². The summed E-state index contributed by atoms with van der Waals surface area (Å²) >= 11 is 0. The third-order valence-corrected chi connectivity index (χ3v) is 6.34. The van der Waals surface area contributed by atoms with E-state index in [0.29, 0.717) is 0 Å². The van der Waals surface area contributed by atoms with Crippen LogP contribution in [-0.2, 0) is 33.3 Å². The Hall–Kier alpha value is -1.82. The minimum absolute atomic E-state index is 0. The summed E-state index contributed by atoms with van der Waals surface area (Å²) in [7, 11) is 0. The molecule has 0 N–H and O–H groups in total. The zero-order valence-electron chi connectivity index (χ0n) is 20.2. The molecule has 0 atom stereocenters. The number of allylic oxidation sites excluding steroid dienone is 2. The van der Waals surface area contributed by atoms with E-state index < -0.39 is 0 Å². The molecule has 0 aliphatic carbocycles. The van der Waals surface area contributed by atoms with E-state index in [9.17, 15) is 5.53 Å². The van der Waals surface area contributed by atoms with Crippen molar-refractivity contribution in [2.75, 3.05) is 0 Å². The largest absolute Gasteiger partial charge is 0.493 e. The molecule has 32 heavy (non-hydrogen) atoms. The third-order valence-electron chi connectivity index (χ3n) is 6.34. The Morgan fingerprint density at radius 2 is 1.16 bits per heavy atom. The van der Waals surface area contributed by atoms with Gasteiger partial charge in [-0.05, 0) is 80.8 Å². The van der Waals surface area contributed by atoms with Gasteiger partial charge in [0.1, 0.15) is 0 Å². The number of rotatable bonds is 11. The van der Waals surface area contributed by atoms with Crippen LogP contribution in [0.3, 0.4) is 0 Å². The summed E-state index contributed by atoms with van der Waals surface area (Å²) in [4.78, 5) is 0. The van der Waals surface area contributed by atoms with Crippen LogP contribution < -0.4 is 0 Å². The van der Waals surface area contributed by atoms with Gasteiger partial charge in [0, 0.05) is 42.7 Å². The second kappa shape index (κ2) is 13.0. The Balaban J connectivity index is 0.00000363. The van der Waals surface area contributed by atoms with E-state index in [1.54, 1.807) is 0 Å². The molecule has 0 bridgehead atoms. The Bertz CT molecular complexity index is 984. The molecule has 174 valence electrons. The van der Waals surface area contributed by atoms with Crippen molar-refractivity contribution >= 4 is 11.4 Å². The zero-order chi connectivity index (χ0) is 22.2. The van der Waals surface area contributed by atoms with E-state index >= 15 is 0 Å². The molecular formula is C29H38N2Pd. The molecule has 2 nitrogen and oxygen atoms in total. The van der Waals surface area contributed by atoms with E-state index in [1.165, 1.54) is 52.7 Å². The zero-order valence-corrected chi connectivity index (χ0v) is 21.7. The molecule has 0 amide bonds. The van der Waals surface area contributed by atoms with Crippen molar-refractivity contribution in [1.29, 1.82) is 0 Å². The fourth-order valence-corrected chi connectivity index (χ4v) is 4.52. The van der Waals surface area contributed by atoms with Crippen LogP contribution in [0.1, 0.15) is 94.9 Å². The van der Waals surface area contributed by atoms with Crippen LogP contribution in [0.15, 0.2) is 59.7 Å². The minimum atomic E-state index is 0. The standard InChI is InChI=1S/C29H38N2.Pd/c1-5-8-13-23-15-11-17-25(20-23)28-22(4)27(19-10-7-3)29(31(28)30)26-18-12-16-24(21-26)14-9-6-2;/h11-12,15-18,20-21H,5-10,13-14,19H2,1-4H3;. The van der Waals surface area contributed by atoms with Gasteiger partial charge in [0.25, 0.3) is 0 Å². The maximum atomic E-state index is 11.4. The summed E-state index contributed by atoms with van der Waals surface area (Å²) in [6, 6.07) is 17.5. The monoisotopic (exact) mass is 520 g/mol. The third kappa shape index (κ3) is 6.15. The van der Waals surface area contributed by atoms with Gasteiger partial charge in [0.2, 0.25) is 11.4 Å². The van der Waals surface area contributed by atoms with Crippen molar-refractivity contribution in [3.05, 3.63) is 87.5 Å². The molecule has 3 rings (SSSR count). The van der Waals surface area contributed by atoms with E-state index in [2.05, 4.69) is 76.2 Å². The number of nitrogens with zero attached hydrogens (tertiary/aromatic N) is 2. The molecular weight excluding hydrogens is 483 g/mol. The number of benzene rings is 2. The van der Waals surface area contributed by atoms with E-state index in [1.807, 2.05) is 0 Å². The summed E-state index contributed by atoms with van der Waals surface area (Å²) in [5, 5.41) is 0. The molecule has 3 heteroatoms. The number of unbranched alkanes of at least 4 members (excludes halogenated alkanes) is 3. The first kappa shape index (κ1) is 26.4. The van der Waals surface area contributed by atoms with Crippen LogP contribution >= 0.6 is 0 Å². The smallest absolute Gasteiger partial charge is 0.211 e. The predicted molar refractivity (Wildman–Crippen MR) is 133 cm³/mol. The second-order valence-corrected chi connectivity index (χ2v) is 8.82. The van der Waals surface area contributed by atoms with Crippen molar-refractivity contribution in [2.24, 2.45) is 0 Å². The fourth-order valence-electron chi connectivity index (χ4n) is 4.52. The van der Waals surface area contributed by atoms with Gasteiger partial charge in [-0.1, -0.05) is 64.3 Å².